The number of H-pyrrole nitrogens is 1. The largest absolute Gasteiger partial charge is 0.350 e. The summed E-state index contributed by atoms with van der Waals surface area (Å²) in [5.41, 5.74) is 0.793. The Labute approximate surface area is 90.4 Å². The van der Waals surface area contributed by atoms with Crippen LogP contribution < -0.4 is 0 Å². The summed E-state index contributed by atoms with van der Waals surface area (Å²) in [6, 6.07) is 7.41. The maximum Gasteiger partial charge on any atom is 0.158 e. The number of benzene rings is 1. The zero-order chi connectivity index (χ0) is 10.8. The Balaban J connectivity index is 2.60. The Morgan fingerprint density at radius 1 is 1.07 bits per heavy atom. The molecule has 1 heterocycles. The molecular weight excluding hydrogens is 216 g/mol. The zero-order valence-electron chi connectivity index (χ0n) is 7.63. The predicted molar refractivity (Wildman–Crippen MR) is 57.0 cm³/mol. The van der Waals surface area contributed by atoms with Gasteiger partial charge in [-0.2, -0.15) is 0 Å². The number of halogens is 2. The maximum absolute atomic E-state index is 13.3. The summed E-state index contributed by atoms with van der Waals surface area (Å²) in [7, 11) is 0. The van der Waals surface area contributed by atoms with Crippen molar-refractivity contribution in [2.45, 2.75) is 0 Å². The van der Waals surface area contributed by atoms with E-state index in [1.165, 1.54) is 18.3 Å². The molecule has 2 aromatic rings. The Morgan fingerprint density at radius 2 is 1.80 bits per heavy atom. The summed E-state index contributed by atoms with van der Waals surface area (Å²) < 4.78 is 26.5. The number of hydrogen-bond donors (Lipinski definition) is 1. The Morgan fingerprint density at radius 3 is 2.47 bits per heavy atom. The van der Waals surface area contributed by atoms with Crippen LogP contribution in [0.3, 0.4) is 0 Å². The van der Waals surface area contributed by atoms with E-state index in [0.717, 1.165) is 0 Å². The van der Waals surface area contributed by atoms with Gasteiger partial charge < -0.3 is 4.98 Å². The van der Waals surface area contributed by atoms with Crippen molar-refractivity contribution in [2.75, 3.05) is 0 Å². The summed E-state index contributed by atoms with van der Waals surface area (Å²) in [5, 5.41) is 0. The van der Waals surface area contributed by atoms with Crippen LogP contribution in [0, 0.1) is 16.3 Å². The van der Waals surface area contributed by atoms with Crippen LogP contribution in [0.4, 0.5) is 8.78 Å². The lowest BCUT2D eigenvalue weighted by molar-refractivity contribution is 0.615. The molecule has 0 spiro atoms. The van der Waals surface area contributed by atoms with Gasteiger partial charge in [0.15, 0.2) is 5.82 Å². The van der Waals surface area contributed by atoms with E-state index < -0.39 is 5.82 Å². The minimum Gasteiger partial charge on any atom is -0.350 e. The molecule has 2 rings (SSSR count). The molecule has 1 N–H and O–H groups in total. The summed E-state index contributed by atoms with van der Waals surface area (Å²) in [6.07, 6.45) is 1.49. The molecule has 1 aromatic heterocycles. The highest BCUT2D eigenvalue weighted by atomic mass is 32.1. The molecule has 0 saturated heterocycles. The normalized spacial score (nSPS) is 10.3. The first kappa shape index (κ1) is 9.98. The topological polar surface area (TPSA) is 15.8 Å². The Hall–Kier alpha value is -1.55. The third-order valence-electron chi connectivity index (χ3n) is 2.04. The van der Waals surface area contributed by atoms with Gasteiger partial charge in [0.2, 0.25) is 0 Å². The van der Waals surface area contributed by atoms with Crippen molar-refractivity contribution in [3.05, 3.63) is 52.8 Å². The van der Waals surface area contributed by atoms with Gasteiger partial charge in [0.05, 0.1) is 0 Å². The molecule has 1 aromatic carbocycles. The monoisotopic (exact) mass is 223 g/mol. The lowest BCUT2D eigenvalue weighted by Gasteiger charge is -2.02. The molecule has 0 amide bonds. The second-order valence-electron chi connectivity index (χ2n) is 3.05. The highest BCUT2D eigenvalue weighted by Crippen LogP contribution is 2.22. The average Bonchev–Trinajstić information content (AvgIpc) is 2.23. The molecule has 15 heavy (non-hydrogen) atoms. The lowest BCUT2D eigenvalue weighted by atomic mass is 10.1. The number of pyridine rings is 1. The van der Waals surface area contributed by atoms with Crippen molar-refractivity contribution in [2.24, 2.45) is 0 Å². The summed E-state index contributed by atoms with van der Waals surface area (Å²) in [6.45, 7) is 0. The van der Waals surface area contributed by atoms with E-state index in [1.807, 2.05) is 0 Å². The lowest BCUT2D eigenvalue weighted by Crippen LogP contribution is -1.88. The molecule has 0 unspecified atom stereocenters. The summed E-state index contributed by atoms with van der Waals surface area (Å²) in [4.78, 5) is 2.57. The van der Waals surface area contributed by atoms with Crippen molar-refractivity contribution in [3.8, 4) is 11.1 Å². The van der Waals surface area contributed by atoms with Gasteiger partial charge in [0.25, 0.3) is 0 Å². The molecule has 1 nitrogen and oxygen atoms in total. The van der Waals surface area contributed by atoms with Gasteiger partial charge in [-0.15, -0.1) is 0 Å². The van der Waals surface area contributed by atoms with E-state index in [0.29, 0.717) is 11.1 Å². The predicted octanol–water partition coefficient (Wildman–Crippen LogP) is 3.69. The third-order valence-corrected chi connectivity index (χ3v) is 2.36. The number of rotatable bonds is 1. The van der Waals surface area contributed by atoms with E-state index in [1.54, 1.807) is 18.2 Å². The number of hydrogen-bond acceptors (Lipinski definition) is 1. The van der Waals surface area contributed by atoms with Crippen molar-refractivity contribution in [1.82, 2.24) is 4.98 Å². The fraction of sp³-hybridized carbons (Fsp3) is 0. The molecule has 0 fully saturated rings. The fourth-order valence-electron chi connectivity index (χ4n) is 1.31. The van der Waals surface area contributed by atoms with Crippen molar-refractivity contribution < 1.29 is 8.78 Å². The van der Waals surface area contributed by atoms with Crippen molar-refractivity contribution in [3.63, 3.8) is 0 Å². The molecule has 0 aliphatic carbocycles. The van der Waals surface area contributed by atoms with Crippen LogP contribution in [-0.4, -0.2) is 4.98 Å². The smallest absolute Gasteiger partial charge is 0.158 e. The van der Waals surface area contributed by atoms with Crippen LogP contribution in [0.2, 0.25) is 0 Å². The van der Waals surface area contributed by atoms with Crippen LogP contribution in [0.1, 0.15) is 0 Å². The molecule has 0 bridgehead atoms. The van der Waals surface area contributed by atoms with E-state index in [9.17, 15) is 8.78 Å². The molecule has 0 saturated carbocycles. The van der Waals surface area contributed by atoms with E-state index >= 15 is 0 Å². The van der Waals surface area contributed by atoms with Gasteiger partial charge in [0, 0.05) is 17.3 Å². The Kier molecular flexibility index (Phi) is 2.60. The molecule has 0 radical (unpaired) electrons. The van der Waals surface area contributed by atoms with Crippen LogP contribution in [-0.2, 0) is 0 Å². The van der Waals surface area contributed by atoms with Gasteiger partial charge in [-0.05, 0) is 12.1 Å². The zero-order valence-corrected chi connectivity index (χ0v) is 8.44. The molecule has 0 atom stereocenters. The number of nitrogens with one attached hydrogen (secondary N) is 1. The van der Waals surface area contributed by atoms with Gasteiger partial charge in [-0.25, -0.2) is 8.78 Å². The quantitative estimate of drug-likeness (QED) is 0.729. The standard InChI is InChI=1S/C11H7F2NS/c12-9-4-2-1-3-8(9)7-5-10(13)11(15)14-6-7/h1-6H,(H,14,15). The number of aromatic amines is 1. The number of aromatic nitrogens is 1. The van der Waals surface area contributed by atoms with E-state index in [2.05, 4.69) is 17.2 Å². The molecule has 76 valence electrons. The fourth-order valence-corrected chi connectivity index (χ4v) is 1.42. The van der Waals surface area contributed by atoms with Crippen LogP contribution in [0.15, 0.2) is 36.5 Å². The first-order chi connectivity index (χ1) is 7.18. The second kappa shape index (κ2) is 3.90. The summed E-state index contributed by atoms with van der Waals surface area (Å²) in [5.74, 6) is -0.937. The maximum atomic E-state index is 13.3. The molecule has 4 heteroatoms. The van der Waals surface area contributed by atoms with Gasteiger partial charge in [-0.1, -0.05) is 30.4 Å². The highest BCUT2D eigenvalue weighted by molar-refractivity contribution is 7.71. The first-order valence-electron chi connectivity index (χ1n) is 4.31. The van der Waals surface area contributed by atoms with Gasteiger partial charge in [0.1, 0.15) is 10.5 Å². The van der Waals surface area contributed by atoms with Crippen LogP contribution >= 0.6 is 12.2 Å². The second-order valence-corrected chi connectivity index (χ2v) is 3.45. The van der Waals surface area contributed by atoms with Crippen molar-refractivity contribution in [1.29, 1.82) is 0 Å². The third kappa shape index (κ3) is 1.94. The highest BCUT2D eigenvalue weighted by Gasteiger charge is 2.05. The molecule has 0 aliphatic heterocycles. The molecular formula is C11H7F2NS. The van der Waals surface area contributed by atoms with Crippen LogP contribution in [0.25, 0.3) is 11.1 Å². The minimum absolute atomic E-state index is 0.0232. The first-order valence-corrected chi connectivity index (χ1v) is 4.72. The molecule has 0 aliphatic rings. The average molecular weight is 223 g/mol. The van der Waals surface area contributed by atoms with Gasteiger partial charge in [-0.3, -0.25) is 0 Å². The van der Waals surface area contributed by atoms with Crippen molar-refractivity contribution >= 4 is 12.2 Å². The van der Waals surface area contributed by atoms with Gasteiger partial charge >= 0.3 is 0 Å². The van der Waals surface area contributed by atoms with E-state index in [-0.39, 0.29) is 10.5 Å². The Bertz CT molecular complexity index is 548. The minimum atomic E-state index is -0.550. The summed E-state index contributed by atoms with van der Waals surface area (Å²) >= 11 is 4.67. The van der Waals surface area contributed by atoms with Crippen LogP contribution in [0.5, 0.6) is 0 Å². The van der Waals surface area contributed by atoms with E-state index in [4.69, 9.17) is 0 Å². The SMILES string of the molecule is Fc1ccccc1-c1c[nH]c(=S)c(F)c1.